The second-order valence-corrected chi connectivity index (χ2v) is 2.16. The summed E-state index contributed by atoms with van der Waals surface area (Å²) in [5, 5.41) is 0. The Hall–Kier alpha value is -1.43. The van der Waals surface area contributed by atoms with Gasteiger partial charge in [-0.05, 0) is 12.1 Å². The Morgan fingerprint density at radius 1 is 1.38 bits per heavy atom. The Balaban J connectivity index is 2.94. The predicted molar refractivity (Wildman–Crippen MR) is 40.8 cm³/mol. The molecular weight excluding hydrogens is 185 g/mol. The molecule has 0 aliphatic carbocycles. The molecule has 0 fully saturated rings. The quantitative estimate of drug-likeness (QED) is 0.566. The minimum absolute atomic E-state index is 0.0988. The second kappa shape index (κ2) is 3.99. The molecule has 6 heteroatoms. The third-order valence-electron chi connectivity index (χ3n) is 1.32. The molecule has 0 atom stereocenters. The summed E-state index contributed by atoms with van der Waals surface area (Å²) in [6.07, 6.45) is 0. The first-order valence-electron chi connectivity index (χ1n) is 3.34. The summed E-state index contributed by atoms with van der Waals surface area (Å²) in [6.45, 7) is -3.01. The van der Waals surface area contributed by atoms with Crippen molar-refractivity contribution in [1.82, 2.24) is 0 Å². The lowest BCUT2D eigenvalue weighted by molar-refractivity contribution is -0.0495. The Bertz CT molecular complexity index is 293. The number of hydrogen-bond donors (Lipinski definition) is 2. The lowest BCUT2D eigenvalue weighted by Crippen LogP contribution is -2.11. The largest absolute Gasteiger partial charge is 0.432 e. The van der Waals surface area contributed by atoms with Crippen molar-refractivity contribution in [3.05, 3.63) is 24.0 Å². The third-order valence-corrected chi connectivity index (χ3v) is 1.32. The number of alkyl halides is 2. The fourth-order valence-electron chi connectivity index (χ4n) is 0.809. The van der Waals surface area contributed by atoms with Crippen molar-refractivity contribution >= 4 is 5.69 Å². The summed E-state index contributed by atoms with van der Waals surface area (Å²) in [6, 6.07) is 3.10. The van der Waals surface area contributed by atoms with Crippen molar-refractivity contribution in [2.24, 2.45) is 5.84 Å². The second-order valence-electron chi connectivity index (χ2n) is 2.16. The number of rotatable bonds is 3. The Labute approximate surface area is 72.3 Å². The van der Waals surface area contributed by atoms with Crippen LogP contribution in [0.25, 0.3) is 0 Å². The average Bonchev–Trinajstić information content (AvgIpc) is 2.03. The maximum absolute atomic E-state index is 12.5. The number of hydrazine groups is 1. The van der Waals surface area contributed by atoms with Gasteiger partial charge in [-0.2, -0.15) is 8.78 Å². The van der Waals surface area contributed by atoms with Crippen LogP contribution in [0.2, 0.25) is 0 Å². The summed E-state index contributed by atoms with van der Waals surface area (Å²) < 4.78 is 40.1. The van der Waals surface area contributed by atoms with Gasteiger partial charge in [0, 0.05) is 6.07 Å². The van der Waals surface area contributed by atoms with E-state index in [4.69, 9.17) is 5.84 Å². The van der Waals surface area contributed by atoms with Crippen LogP contribution in [0.3, 0.4) is 0 Å². The number of hydrogen-bond acceptors (Lipinski definition) is 3. The molecule has 0 bridgehead atoms. The molecule has 0 saturated carbocycles. The van der Waals surface area contributed by atoms with E-state index in [1.54, 1.807) is 0 Å². The minimum atomic E-state index is -3.01. The van der Waals surface area contributed by atoms with Gasteiger partial charge in [-0.3, -0.25) is 5.84 Å². The van der Waals surface area contributed by atoms with Crippen LogP contribution in [0, 0.1) is 5.82 Å². The van der Waals surface area contributed by atoms with Gasteiger partial charge in [0.1, 0.15) is 5.82 Å². The monoisotopic (exact) mass is 192 g/mol. The molecule has 0 unspecified atom stereocenters. The molecule has 1 aromatic rings. The van der Waals surface area contributed by atoms with Gasteiger partial charge in [0.25, 0.3) is 0 Å². The van der Waals surface area contributed by atoms with Crippen molar-refractivity contribution in [3.8, 4) is 5.75 Å². The Morgan fingerprint density at radius 2 is 2.08 bits per heavy atom. The van der Waals surface area contributed by atoms with E-state index in [1.165, 1.54) is 6.07 Å². The van der Waals surface area contributed by atoms with Gasteiger partial charge < -0.3 is 10.2 Å². The molecule has 0 spiro atoms. The lowest BCUT2D eigenvalue weighted by Gasteiger charge is -2.09. The number of halogens is 3. The molecule has 72 valence electrons. The van der Waals surface area contributed by atoms with Gasteiger partial charge in [0.15, 0.2) is 5.75 Å². The highest BCUT2D eigenvalue weighted by Gasteiger charge is 2.09. The summed E-state index contributed by atoms with van der Waals surface area (Å²) >= 11 is 0. The van der Waals surface area contributed by atoms with E-state index in [0.29, 0.717) is 0 Å². The zero-order chi connectivity index (χ0) is 9.84. The lowest BCUT2D eigenvalue weighted by atomic mass is 10.3. The molecule has 0 aliphatic rings. The number of nitrogens with two attached hydrogens (primary N) is 1. The predicted octanol–water partition coefficient (Wildman–Crippen LogP) is 1.71. The van der Waals surface area contributed by atoms with Crippen LogP contribution in [0.5, 0.6) is 5.75 Å². The van der Waals surface area contributed by atoms with Crippen LogP contribution in [0.1, 0.15) is 0 Å². The smallest absolute Gasteiger partial charge is 0.387 e. The van der Waals surface area contributed by atoms with E-state index in [1.807, 2.05) is 0 Å². The van der Waals surface area contributed by atoms with Gasteiger partial charge in [-0.15, -0.1) is 0 Å². The first-order valence-corrected chi connectivity index (χ1v) is 3.34. The van der Waals surface area contributed by atoms with Crippen molar-refractivity contribution in [3.63, 3.8) is 0 Å². The van der Waals surface area contributed by atoms with Gasteiger partial charge in [-0.1, -0.05) is 0 Å². The van der Waals surface area contributed by atoms with Crippen molar-refractivity contribution in [2.45, 2.75) is 6.61 Å². The highest BCUT2D eigenvalue weighted by atomic mass is 19.3. The highest BCUT2D eigenvalue weighted by Crippen LogP contribution is 2.25. The molecule has 0 saturated heterocycles. The third kappa shape index (κ3) is 2.51. The molecule has 0 amide bonds. The van der Waals surface area contributed by atoms with E-state index in [2.05, 4.69) is 10.2 Å². The maximum Gasteiger partial charge on any atom is 0.387 e. The minimum Gasteiger partial charge on any atom is -0.432 e. The molecular formula is C7H7F3N2O. The van der Waals surface area contributed by atoms with Crippen molar-refractivity contribution < 1.29 is 17.9 Å². The van der Waals surface area contributed by atoms with Crippen LogP contribution in [-0.2, 0) is 0 Å². The van der Waals surface area contributed by atoms with Crippen LogP contribution < -0.4 is 16.0 Å². The maximum atomic E-state index is 12.5. The topological polar surface area (TPSA) is 47.3 Å². The molecule has 0 aliphatic heterocycles. The molecule has 3 nitrogen and oxygen atoms in total. The van der Waals surface area contributed by atoms with Gasteiger partial charge in [0.05, 0.1) is 5.69 Å². The van der Waals surface area contributed by atoms with E-state index in [9.17, 15) is 13.2 Å². The van der Waals surface area contributed by atoms with Crippen molar-refractivity contribution in [2.75, 3.05) is 5.43 Å². The number of ether oxygens (including phenoxy) is 1. The summed E-state index contributed by atoms with van der Waals surface area (Å²) in [5.41, 5.74) is 2.20. The van der Waals surface area contributed by atoms with Gasteiger partial charge in [0.2, 0.25) is 0 Å². The molecule has 0 aromatic heterocycles. The number of nitrogens with one attached hydrogen (secondary N) is 1. The highest BCUT2D eigenvalue weighted by molar-refractivity contribution is 5.55. The zero-order valence-corrected chi connectivity index (χ0v) is 6.43. The molecule has 13 heavy (non-hydrogen) atoms. The van der Waals surface area contributed by atoms with E-state index < -0.39 is 12.4 Å². The average molecular weight is 192 g/mol. The fourth-order valence-corrected chi connectivity index (χ4v) is 0.809. The molecule has 0 radical (unpaired) electrons. The van der Waals surface area contributed by atoms with Crippen LogP contribution >= 0.6 is 0 Å². The van der Waals surface area contributed by atoms with E-state index >= 15 is 0 Å². The van der Waals surface area contributed by atoms with E-state index in [-0.39, 0.29) is 11.4 Å². The first-order chi connectivity index (χ1) is 6.13. The summed E-state index contributed by atoms with van der Waals surface area (Å²) in [4.78, 5) is 0. The number of anilines is 1. The first kappa shape index (κ1) is 9.66. The van der Waals surface area contributed by atoms with Crippen LogP contribution in [0.4, 0.5) is 18.9 Å². The SMILES string of the molecule is NNc1ccc(F)cc1OC(F)F. The number of nitrogen functional groups attached to an aromatic ring is 1. The van der Waals surface area contributed by atoms with Gasteiger partial charge >= 0.3 is 6.61 Å². The van der Waals surface area contributed by atoms with E-state index in [0.717, 1.165) is 12.1 Å². The summed E-state index contributed by atoms with van der Waals surface area (Å²) in [7, 11) is 0. The zero-order valence-electron chi connectivity index (χ0n) is 6.43. The molecule has 3 N–H and O–H groups in total. The Morgan fingerprint density at radius 3 is 2.62 bits per heavy atom. The van der Waals surface area contributed by atoms with Crippen LogP contribution in [0.15, 0.2) is 18.2 Å². The summed E-state index contributed by atoms with van der Waals surface area (Å²) in [5.74, 6) is 3.99. The number of benzene rings is 1. The normalized spacial score (nSPS) is 10.2. The fraction of sp³-hybridized carbons (Fsp3) is 0.143. The molecule has 1 rings (SSSR count). The molecule has 1 aromatic carbocycles. The van der Waals surface area contributed by atoms with Crippen LogP contribution in [-0.4, -0.2) is 6.61 Å². The van der Waals surface area contributed by atoms with Gasteiger partial charge in [-0.25, -0.2) is 4.39 Å². The molecule has 0 heterocycles. The standard InChI is InChI=1S/C7H7F3N2O/c8-4-1-2-5(12-11)6(3-4)13-7(9)10/h1-3,7,12H,11H2. The Kier molecular flexibility index (Phi) is 2.97. The van der Waals surface area contributed by atoms with Crippen molar-refractivity contribution in [1.29, 1.82) is 0 Å².